The Hall–Kier alpha value is -3.08. The van der Waals surface area contributed by atoms with Gasteiger partial charge in [0.05, 0.1) is 18.2 Å². The number of fused-ring (bicyclic) bond motifs is 1. The largest absolute Gasteiger partial charge is 0.496 e. The van der Waals surface area contributed by atoms with E-state index in [-0.39, 0.29) is 5.78 Å². The number of para-hydroxylation sites is 1. The number of nitrogens with two attached hydrogens (primary N) is 1. The Balaban J connectivity index is 2.25. The van der Waals surface area contributed by atoms with Gasteiger partial charge in [0.1, 0.15) is 5.75 Å². The zero-order valence-corrected chi connectivity index (χ0v) is 12.9. The summed E-state index contributed by atoms with van der Waals surface area (Å²) in [6, 6.07) is 12.8. The summed E-state index contributed by atoms with van der Waals surface area (Å²) in [5.74, 6) is -0.145. The van der Waals surface area contributed by atoms with Crippen LogP contribution < -0.4 is 10.5 Å². The number of aromatic nitrogens is 1. The molecule has 0 saturated heterocycles. The van der Waals surface area contributed by atoms with E-state index in [0.717, 1.165) is 16.6 Å². The fourth-order valence-corrected chi connectivity index (χ4v) is 2.71. The number of ketones is 1. The number of carbonyl (C=O) groups is 2. The van der Waals surface area contributed by atoms with E-state index in [1.54, 1.807) is 31.3 Å². The Morgan fingerprint density at radius 1 is 1.09 bits per heavy atom. The van der Waals surface area contributed by atoms with Crippen LogP contribution in [0.2, 0.25) is 0 Å². The van der Waals surface area contributed by atoms with Gasteiger partial charge in [-0.25, -0.2) is 0 Å². The number of methoxy groups -OCH3 is 1. The van der Waals surface area contributed by atoms with Crippen LogP contribution in [0.15, 0.2) is 48.7 Å². The molecule has 0 radical (unpaired) electrons. The lowest BCUT2D eigenvalue weighted by atomic mass is 10.1. The van der Waals surface area contributed by atoms with Crippen molar-refractivity contribution < 1.29 is 14.3 Å². The fraction of sp³-hybridized carbons (Fsp3) is 0.111. The van der Waals surface area contributed by atoms with Crippen LogP contribution in [0.1, 0.15) is 27.6 Å². The Bertz CT molecular complexity index is 925. The number of hydrogen-bond acceptors (Lipinski definition) is 3. The van der Waals surface area contributed by atoms with Crippen molar-refractivity contribution in [2.75, 3.05) is 7.11 Å². The summed E-state index contributed by atoms with van der Waals surface area (Å²) < 4.78 is 7.16. The number of Topliss-reactive ketones (excluding diaryl/α,β-unsaturated/α-hetero) is 1. The van der Waals surface area contributed by atoms with Crippen molar-refractivity contribution in [1.29, 1.82) is 0 Å². The Morgan fingerprint density at radius 2 is 1.83 bits per heavy atom. The van der Waals surface area contributed by atoms with Gasteiger partial charge in [-0.1, -0.05) is 18.2 Å². The van der Waals surface area contributed by atoms with Crippen molar-refractivity contribution in [3.8, 4) is 11.4 Å². The number of hydrogen-bond donors (Lipinski definition) is 1. The molecule has 0 aliphatic heterocycles. The minimum atomic E-state index is -0.546. The number of primary amides is 1. The first-order valence-electron chi connectivity index (χ1n) is 7.12. The number of amides is 1. The van der Waals surface area contributed by atoms with Gasteiger partial charge in [0.2, 0.25) is 0 Å². The number of nitrogens with zero attached hydrogens (tertiary/aromatic N) is 1. The third-order valence-corrected chi connectivity index (χ3v) is 3.82. The maximum atomic E-state index is 11.9. The molecule has 5 heteroatoms. The molecule has 0 bridgehead atoms. The summed E-state index contributed by atoms with van der Waals surface area (Å²) in [6.45, 7) is 1.54. The van der Waals surface area contributed by atoms with Gasteiger partial charge in [0.15, 0.2) is 5.78 Å². The molecule has 3 rings (SSSR count). The smallest absolute Gasteiger partial charge is 0.252 e. The summed E-state index contributed by atoms with van der Waals surface area (Å²) in [5, 5.41) is 0.887. The van der Waals surface area contributed by atoms with E-state index in [2.05, 4.69) is 0 Å². The third-order valence-electron chi connectivity index (χ3n) is 3.82. The van der Waals surface area contributed by atoms with E-state index >= 15 is 0 Å². The molecule has 0 spiro atoms. The van der Waals surface area contributed by atoms with Gasteiger partial charge in [0, 0.05) is 28.9 Å². The van der Waals surface area contributed by atoms with Crippen LogP contribution in [0, 0.1) is 0 Å². The molecule has 0 saturated carbocycles. The first-order chi connectivity index (χ1) is 11.0. The van der Waals surface area contributed by atoms with Crippen LogP contribution in [0.5, 0.6) is 5.75 Å². The summed E-state index contributed by atoms with van der Waals surface area (Å²) >= 11 is 0. The topological polar surface area (TPSA) is 74.3 Å². The number of rotatable bonds is 4. The van der Waals surface area contributed by atoms with Crippen molar-refractivity contribution in [2.24, 2.45) is 5.73 Å². The summed E-state index contributed by atoms with van der Waals surface area (Å²) in [5.41, 5.74) is 8.01. The van der Waals surface area contributed by atoms with Crippen LogP contribution in [-0.4, -0.2) is 23.4 Å². The second-order valence-corrected chi connectivity index (χ2v) is 5.23. The predicted molar refractivity (Wildman–Crippen MR) is 88.3 cm³/mol. The van der Waals surface area contributed by atoms with Gasteiger partial charge in [0.25, 0.3) is 5.91 Å². The molecule has 2 N–H and O–H groups in total. The molecule has 0 atom stereocenters. The lowest BCUT2D eigenvalue weighted by Crippen LogP contribution is -2.12. The van der Waals surface area contributed by atoms with Crippen LogP contribution in [0.25, 0.3) is 16.6 Å². The number of carbonyl (C=O) groups excluding carboxylic acids is 2. The SMILES string of the molecule is COc1cc(-n2cc(C(C)=O)c3ccccc32)ccc1C(N)=O. The maximum Gasteiger partial charge on any atom is 0.252 e. The molecule has 2 aromatic carbocycles. The Morgan fingerprint density at radius 3 is 2.48 bits per heavy atom. The van der Waals surface area contributed by atoms with E-state index in [1.807, 2.05) is 28.8 Å². The van der Waals surface area contributed by atoms with Crippen molar-refractivity contribution in [3.05, 3.63) is 59.8 Å². The molecule has 116 valence electrons. The summed E-state index contributed by atoms with van der Waals surface area (Å²) in [6.07, 6.45) is 1.80. The molecule has 0 aliphatic carbocycles. The van der Waals surface area contributed by atoms with E-state index in [4.69, 9.17) is 10.5 Å². The second-order valence-electron chi connectivity index (χ2n) is 5.23. The van der Waals surface area contributed by atoms with Gasteiger partial charge < -0.3 is 15.0 Å². The van der Waals surface area contributed by atoms with Crippen LogP contribution >= 0.6 is 0 Å². The molecule has 23 heavy (non-hydrogen) atoms. The lowest BCUT2D eigenvalue weighted by molar-refractivity contribution is 0.0994. The quantitative estimate of drug-likeness (QED) is 0.753. The minimum Gasteiger partial charge on any atom is -0.496 e. The van der Waals surface area contributed by atoms with E-state index in [0.29, 0.717) is 16.9 Å². The monoisotopic (exact) mass is 308 g/mol. The van der Waals surface area contributed by atoms with Crippen LogP contribution in [0.4, 0.5) is 0 Å². The van der Waals surface area contributed by atoms with Crippen LogP contribution in [-0.2, 0) is 0 Å². The zero-order valence-electron chi connectivity index (χ0n) is 12.9. The highest BCUT2D eigenvalue weighted by atomic mass is 16.5. The lowest BCUT2D eigenvalue weighted by Gasteiger charge is -2.10. The molecular formula is C18H16N2O3. The van der Waals surface area contributed by atoms with Gasteiger partial charge in [-0.2, -0.15) is 0 Å². The minimum absolute atomic E-state index is 0.000621. The maximum absolute atomic E-state index is 11.9. The van der Waals surface area contributed by atoms with Gasteiger partial charge in [-0.15, -0.1) is 0 Å². The molecule has 1 amide bonds. The molecule has 0 unspecified atom stereocenters. The fourth-order valence-electron chi connectivity index (χ4n) is 2.71. The Labute approximate surface area is 133 Å². The van der Waals surface area contributed by atoms with E-state index in [9.17, 15) is 9.59 Å². The van der Waals surface area contributed by atoms with Gasteiger partial charge in [-0.05, 0) is 25.1 Å². The molecular weight excluding hydrogens is 292 g/mol. The van der Waals surface area contributed by atoms with Crippen molar-refractivity contribution in [3.63, 3.8) is 0 Å². The Kier molecular flexibility index (Phi) is 3.62. The second kappa shape index (κ2) is 5.61. The number of ether oxygens (including phenoxy) is 1. The van der Waals surface area contributed by atoms with Gasteiger partial charge >= 0.3 is 0 Å². The molecule has 1 heterocycles. The highest BCUT2D eigenvalue weighted by Gasteiger charge is 2.15. The summed E-state index contributed by atoms with van der Waals surface area (Å²) in [4.78, 5) is 23.3. The highest BCUT2D eigenvalue weighted by Crippen LogP contribution is 2.28. The van der Waals surface area contributed by atoms with Crippen molar-refractivity contribution in [2.45, 2.75) is 6.92 Å². The average molecular weight is 308 g/mol. The van der Waals surface area contributed by atoms with Crippen LogP contribution in [0.3, 0.4) is 0 Å². The molecule has 5 nitrogen and oxygen atoms in total. The summed E-state index contributed by atoms with van der Waals surface area (Å²) in [7, 11) is 1.49. The zero-order chi connectivity index (χ0) is 16.6. The molecule has 0 aliphatic rings. The van der Waals surface area contributed by atoms with Gasteiger partial charge in [-0.3, -0.25) is 9.59 Å². The number of benzene rings is 2. The first-order valence-corrected chi connectivity index (χ1v) is 7.12. The highest BCUT2D eigenvalue weighted by molar-refractivity contribution is 6.07. The molecule has 0 fully saturated rings. The first kappa shape index (κ1) is 14.8. The average Bonchev–Trinajstić information content (AvgIpc) is 2.94. The van der Waals surface area contributed by atoms with Crippen molar-refractivity contribution >= 4 is 22.6 Å². The van der Waals surface area contributed by atoms with Crippen molar-refractivity contribution in [1.82, 2.24) is 4.57 Å². The van der Waals surface area contributed by atoms with E-state index in [1.165, 1.54) is 7.11 Å². The van der Waals surface area contributed by atoms with E-state index < -0.39 is 5.91 Å². The third kappa shape index (κ3) is 2.46. The predicted octanol–water partition coefficient (Wildman–Crippen LogP) is 2.94. The molecule has 3 aromatic rings. The molecule has 1 aromatic heterocycles. The standard InChI is InChI=1S/C18H16N2O3/c1-11(21)15-10-20(16-6-4-3-5-13(15)16)12-7-8-14(18(19)22)17(9-12)23-2/h3-10H,1-2H3,(H2,19,22). The normalized spacial score (nSPS) is 10.7.